The molecular formula is C11H11ClN2S. The molecule has 1 aromatic heterocycles. The van der Waals surface area contributed by atoms with Gasteiger partial charge in [-0.15, -0.1) is 11.3 Å². The fourth-order valence-electron chi connectivity index (χ4n) is 1.33. The van der Waals surface area contributed by atoms with Crippen LogP contribution in [0.4, 0.5) is 0 Å². The molecule has 0 spiro atoms. The summed E-state index contributed by atoms with van der Waals surface area (Å²) in [6, 6.07) is 7.77. The Morgan fingerprint density at radius 3 is 2.93 bits per heavy atom. The molecule has 78 valence electrons. The maximum absolute atomic E-state index is 6.10. The van der Waals surface area contributed by atoms with Crippen molar-refractivity contribution >= 4 is 22.9 Å². The van der Waals surface area contributed by atoms with E-state index in [4.69, 9.17) is 11.6 Å². The Labute approximate surface area is 97.9 Å². The van der Waals surface area contributed by atoms with Crippen LogP contribution in [-0.4, -0.2) is 12.0 Å². The second-order valence-electron chi connectivity index (χ2n) is 3.15. The fraction of sp³-hybridized carbons (Fsp3) is 0.182. The molecule has 1 aromatic carbocycles. The molecule has 1 N–H and O–H groups in total. The SMILES string of the molecule is CNCc1csc(-c2ccccc2Cl)n1. The van der Waals surface area contributed by atoms with Crippen LogP contribution in [0.25, 0.3) is 10.6 Å². The molecule has 0 saturated carbocycles. The maximum atomic E-state index is 6.10. The molecule has 0 atom stereocenters. The lowest BCUT2D eigenvalue weighted by Gasteiger charge is -1.98. The van der Waals surface area contributed by atoms with E-state index in [1.54, 1.807) is 11.3 Å². The Morgan fingerprint density at radius 1 is 1.40 bits per heavy atom. The summed E-state index contributed by atoms with van der Waals surface area (Å²) in [6.07, 6.45) is 0. The van der Waals surface area contributed by atoms with Crippen molar-refractivity contribution in [1.29, 1.82) is 0 Å². The van der Waals surface area contributed by atoms with E-state index in [-0.39, 0.29) is 0 Å². The summed E-state index contributed by atoms with van der Waals surface area (Å²) in [5.41, 5.74) is 2.06. The van der Waals surface area contributed by atoms with Gasteiger partial charge in [0.15, 0.2) is 0 Å². The van der Waals surface area contributed by atoms with Gasteiger partial charge in [0.2, 0.25) is 0 Å². The highest BCUT2D eigenvalue weighted by Gasteiger charge is 2.06. The van der Waals surface area contributed by atoms with E-state index in [0.29, 0.717) is 0 Å². The van der Waals surface area contributed by atoms with E-state index < -0.39 is 0 Å². The molecule has 0 aliphatic rings. The number of nitrogens with one attached hydrogen (secondary N) is 1. The van der Waals surface area contributed by atoms with Crippen molar-refractivity contribution in [2.45, 2.75) is 6.54 Å². The fourth-order valence-corrected chi connectivity index (χ4v) is 2.47. The van der Waals surface area contributed by atoms with Gasteiger partial charge in [-0.1, -0.05) is 29.8 Å². The summed E-state index contributed by atoms with van der Waals surface area (Å²) in [6.45, 7) is 0.793. The van der Waals surface area contributed by atoms with Crippen LogP contribution in [0.2, 0.25) is 5.02 Å². The van der Waals surface area contributed by atoms with E-state index in [1.165, 1.54) is 0 Å². The molecule has 15 heavy (non-hydrogen) atoms. The van der Waals surface area contributed by atoms with Crippen LogP contribution in [0.5, 0.6) is 0 Å². The monoisotopic (exact) mass is 238 g/mol. The number of aromatic nitrogens is 1. The first kappa shape index (κ1) is 10.6. The highest BCUT2D eigenvalue weighted by molar-refractivity contribution is 7.13. The highest BCUT2D eigenvalue weighted by Crippen LogP contribution is 2.29. The second kappa shape index (κ2) is 4.75. The van der Waals surface area contributed by atoms with Gasteiger partial charge in [0.25, 0.3) is 0 Å². The van der Waals surface area contributed by atoms with Gasteiger partial charge in [-0.3, -0.25) is 0 Å². The molecule has 0 bridgehead atoms. The summed E-state index contributed by atoms with van der Waals surface area (Å²) in [7, 11) is 1.91. The van der Waals surface area contributed by atoms with Crippen LogP contribution >= 0.6 is 22.9 Å². The number of hydrogen-bond donors (Lipinski definition) is 1. The van der Waals surface area contributed by atoms with Crippen LogP contribution in [0.3, 0.4) is 0 Å². The van der Waals surface area contributed by atoms with Gasteiger partial charge < -0.3 is 5.32 Å². The summed E-state index contributed by atoms with van der Waals surface area (Å²) in [5, 5.41) is 6.86. The Bertz CT molecular complexity index is 453. The molecule has 2 rings (SSSR count). The van der Waals surface area contributed by atoms with Crippen molar-refractivity contribution < 1.29 is 0 Å². The lowest BCUT2D eigenvalue weighted by atomic mass is 10.2. The first-order chi connectivity index (χ1) is 7.31. The van der Waals surface area contributed by atoms with Crippen LogP contribution in [-0.2, 0) is 6.54 Å². The smallest absolute Gasteiger partial charge is 0.125 e. The largest absolute Gasteiger partial charge is 0.314 e. The molecule has 4 heteroatoms. The number of nitrogens with zero attached hydrogens (tertiary/aromatic N) is 1. The highest BCUT2D eigenvalue weighted by atomic mass is 35.5. The lowest BCUT2D eigenvalue weighted by Crippen LogP contribution is -2.04. The normalized spacial score (nSPS) is 10.5. The third kappa shape index (κ3) is 2.37. The van der Waals surface area contributed by atoms with Crippen molar-refractivity contribution in [2.24, 2.45) is 0 Å². The third-order valence-electron chi connectivity index (χ3n) is 2.01. The molecule has 0 aliphatic carbocycles. The lowest BCUT2D eigenvalue weighted by molar-refractivity contribution is 0.798. The number of hydrogen-bond acceptors (Lipinski definition) is 3. The van der Waals surface area contributed by atoms with Gasteiger partial charge in [0.1, 0.15) is 5.01 Å². The quantitative estimate of drug-likeness (QED) is 0.889. The standard InChI is InChI=1S/C11H11ClN2S/c1-13-6-8-7-15-11(14-8)9-4-2-3-5-10(9)12/h2-5,7,13H,6H2,1H3. The Kier molecular flexibility index (Phi) is 3.36. The average Bonchev–Trinajstić information content (AvgIpc) is 2.68. The van der Waals surface area contributed by atoms with E-state index in [9.17, 15) is 0 Å². The van der Waals surface area contributed by atoms with Crippen LogP contribution in [0.1, 0.15) is 5.69 Å². The van der Waals surface area contributed by atoms with Gasteiger partial charge in [0.05, 0.1) is 10.7 Å². The average molecular weight is 239 g/mol. The summed E-state index contributed by atoms with van der Waals surface area (Å²) >= 11 is 7.72. The minimum atomic E-state index is 0.753. The molecule has 0 radical (unpaired) electrons. The second-order valence-corrected chi connectivity index (χ2v) is 4.42. The summed E-state index contributed by atoms with van der Waals surface area (Å²) in [4.78, 5) is 4.50. The molecule has 0 aliphatic heterocycles. The van der Waals surface area contributed by atoms with Crippen LogP contribution in [0.15, 0.2) is 29.6 Å². The topological polar surface area (TPSA) is 24.9 Å². The number of thiazole rings is 1. The third-order valence-corrected chi connectivity index (χ3v) is 3.27. The summed E-state index contributed by atoms with van der Waals surface area (Å²) in [5.74, 6) is 0. The molecule has 2 aromatic rings. The Morgan fingerprint density at radius 2 is 2.20 bits per heavy atom. The Hall–Kier alpha value is -0.900. The molecular weight excluding hydrogens is 228 g/mol. The van der Waals surface area contributed by atoms with Crippen molar-refractivity contribution in [3.05, 3.63) is 40.4 Å². The number of rotatable bonds is 3. The zero-order valence-electron chi connectivity index (χ0n) is 8.33. The maximum Gasteiger partial charge on any atom is 0.125 e. The first-order valence-electron chi connectivity index (χ1n) is 4.65. The molecule has 0 fully saturated rings. The predicted octanol–water partition coefficient (Wildman–Crippen LogP) is 3.18. The van der Waals surface area contributed by atoms with E-state index in [0.717, 1.165) is 27.8 Å². The molecule has 1 heterocycles. The van der Waals surface area contributed by atoms with Gasteiger partial charge in [0, 0.05) is 17.5 Å². The number of halogens is 1. The van der Waals surface area contributed by atoms with Crippen LogP contribution < -0.4 is 5.32 Å². The summed E-state index contributed by atoms with van der Waals surface area (Å²) < 4.78 is 0. The zero-order valence-corrected chi connectivity index (χ0v) is 9.90. The van der Waals surface area contributed by atoms with Crippen molar-refractivity contribution in [3.8, 4) is 10.6 Å². The van der Waals surface area contributed by atoms with Gasteiger partial charge in [-0.25, -0.2) is 4.98 Å². The molecule has 2 nitrogen and oxygen atoms in total. The van der Waals surface area contributed by atoms with Gasteiger partial charge >= 0.3 is 0 Å². The number of benzene rings is 1. The minimum absolute atomic E-state index is 0.753. The van der Waals surface area contributed by atoms with E-state index >= 15 is 0 Å². The van der Waals surface area contributed by atoms with Crippen molar-refractivity contribution in [2.75, 3.05) is 7.05 Å². The van der Waals surface area contributed by atoms with Crippen molar-refractivity contribution in [1.82, 2.24) is 10.3 Å². The molecule has 0 saturated heterocycles. The predicted molar refractivity (Wildman–Crippen MR) is 65.3 cm³/mol. The van der Waals surface area contributed by atoms with Crippen molar-refractivity contribution in [3.63, 3.8) is 0 Å². The van der Waals surface area contributed by atoms with E-state index in [1.807, 2.05) is 31.3 Å². The molecule has 0 amide bonds. The van der Waals surface area contributed by atoms with Crippen LogP contribution in [0, 0.1) is 0 Å². The molecule has 0 unspecified atom stereocenters. The van der Waals surface area contributed by atoms with Gasteiger partial charge in [-0.05, 0) is 13.1 Å². The zero-order chi connectivity index (χ0) is 10.7. The van der Waals surface area contributed by atoms with E-state index in [2.05, 4.69) is 15.7 Å². The minimum Gasteiger partial charge on any atom is -0.314 e. The van der Waals surface area contributed by atoms with Gasteiger partial charge in [-0.2, -0.15) is 0 Å². The first-order valence-corrected chi connectivity index (χ1v) is 5.91. The Balaban J connectivity index is 2.33.